The number of nitrogens with one attached hydrogen (secondary N) is 2. The maximum atomic E-state index is 11.8. The van der Waals surface area contributed by atoms with Gasteiger partial charge in [-0.2, -0.15) is 0 Å². The van der Waals surface area contributed by atoms with Crippen LogP contribution in [0.25, 0.3) is 0 Å². The highest BCUT2D eigenvalue weighted by atomic mass is 16.2. The molecule has 0 radical (unpaired) electrons. The zero-order chi connectivity index (χ0) is 12.2. The van der Waals surface area contributed by atoms with Crippen molar-refractivity contribution in [1.82, 2.24) is 15.5 Å². The van der Waals surface area contributed by atoms with E-state index in [9.17, 15) is 4.79 Å². The lowest BCUT2D eigenvalue weighted by atomic mass is 9.93. The normalized spacial score (nSPS) is 21.4. The Kier molecular flexibility index (Phi) is 4.74. The van der Waals surface area contributed by atoms with E-state index in [0.717, 1.165) is 32.5 Å². The van der Waals surface area contributed by atoms with Crippen molar-refractivity contribution < 1.29 is 4.79 Å². The third-order valence-electron chi connectivity index (χ3n) is 2.86. The minimum Gasteiger partial charge on any atom is -0.354 e. The molecule has 4 heteroatoms. The lowest BCUT2D eigenvalue weighted by molar-refractivity contribution is -0.123. The van der Waals surface area contributed by atoms with Crippen LogP contribution in [0.3, 0.4) is 0 Å². The summed E-state index contributed by atoms with van der Waals surface area (Å²) in [6.07, 6.45) is 2.08. The van der Waals surface area contributed by atoms with Gasteiger partial charge in [-0.3, -0.25) is 4.79 Å². The summed E-state index contributed by atoms with van der Waals surface area (Å²) in [5.74, 6) is 0.157. The smallest absolute Gasteiger partial charge is 0.237 e. The molecule has 94 valence electrons. The summed E-state index contributed by atoms with van der Waals surface area (Å²) in [4.78, 5) is 13.9. The zero-order valence-electron chi connectivity index (χ0n) is 11.0. The van der Waals surface area contributed by atoms with Gasteiger partial charge in [0.25, 0.3) is 0 Å². The Labute approximate surface area is 98.8 Å². The second-order valence-electron chi connectivity index (χ2n) is 5.77. The van der Waals surface area contributed by atoms with Crippen LogP contribution in [-0.4, -0.2) is 50.6 Å². The summed E-state index contributed by atoms with van der Waals surface area (Å²) in [6.45, 7) is 7.04. The molecule has 16 heavy (non-hydrogen) atoms. The van der Waals surface area contributed by atoms with Crippen LogP contribution in [-0.2, 0) is 4.79 Å². The summed E-state index contributed by atoms with van der Waals surface area (Å²) in [5.41, 5.74) is 0.123. The molecule has 0 spiro atoms. The van der Waals surface area contributed by atoms with Gasteiger partial charge < -0.3 is 15.5 Å². The summed E-state index contributed by atoms with van der Waals surface area (Å²) < 4.78 is 0. The molecular weight excluding hydrogens is 202 g/mol. The van der Waals surface area contributed by atoms with Crippen molar-refractivity contribution in [2.24, 2.45) is 5.41 Å². The highest BCUT2D eigenvalue weighted by Crippen LogP contribution is 2.14. The number of hydrogen-bond acceptors (Lipinski definition) is 3. The number of nitrogens with zero attached hydrogens (tertiary/aromatic N) is 1. The third-order valence-corrected chi connectivity index (χ3v) is 2.86. The van der Waals surface area contributed by atoms with Crippen LogP contribution < -0.4 is 10.6 Å². The number of hydrogen-bond donors (Lipinski definition) is 2. The first kappa shape index (κ1) is 13.5. The van der Waals surface area contributed by atoms with Crippen molar-refractivity contribution in [2.45, 2.75) is 32.7 Å². The fourth-order valence-electron chi connectivity index (χ4n) is 2.27. The Hall–Kier alpha value is -0.610. The minimum atomic E-state index is 0.0372. The largest absolute Gasteiger partial charge is 0.354 e. The Morgan fingerprint density at radius 3 is 2.69 bits per heavy atom. The second-order valence-corrected chi connectivity index (χ2v) is 5.77. The van der Waals surface area contributed by atoms with Crippen LogP contribution in [0.1, 0.15) is 26.7 Å². The molecule has 1 rings (SSSR count). The van der Waals surface area contributed by atoms with Crippen molar-refractivity contribution in [3.8, 4) is 0 Å². The summed E-state index contributed by atoms with van der Waals surface area (Å²) >= 11 is 0. The molecule has 1 saturated heterocycles. The Morgan fingerprint density at radius 2 is 2.19 bits per heavy atom. The molecule has 0 aromatic carbocycles. The van der Waals surface area contributed by atoms with Gasteiger partial charge in [-0.15, -0.1) is 0 Å². The molecule has 1 atom stereocenters. The molecular formula is C12H25N3O. The van der Waals surface area contributed by atoms with Gasteiger partial charge >= 0.3 is 0 Å². The van der Waals surface area contributed by atoms with Crippen LogP contribution in [0.4, 0.5) is 0 Å². The van der Waals surface area contributed by atoms with Gasteiger partial charge in [0.2, 0.25) is 5.91 Å². The van der Waals surface area contributed by atoms with Gasteiger partial charge in [-0.25, -0.2) is 0 Å². The van der Waals surface area contributed by atoms with Gasteiger partial charge in [0.1, 0.15) is 0 Å². The highest BCUT2D eigenvalue weighted by Gasteiger charge is 2.25. The molecule has 0 unspecified atom stereocenters. The topological polar surface area (TPSA) is 44.4 Å². The van der Waals surface area contributed by atoms with Crippen LogP contribution in [0, 0.1) is 5.41 Å². The lowest BCUT2D eigenvalue weighted by Gasteiger charge is -2.29. The molecule has 0 aromatic heterocycles. The van der Waals surface area contributed by atoms with E-state index in [1.807, 2.05) is 0 Å². The molecule has 1 heterocycles. The van der Waals surface area contributed by atoms with Gasteiger partial charge in [-0.1, -0.05) is 13.8 Å². The molecule has 1 aliphatic heterocycles. The number of amides is 1. The Balaban J connectivity index is 2.29. The predicted molar refractivity (Wildman–Crippen MR) is 66.4 cm³/mol. The van der Waals surface area contributed by atoms with Crippen LogP contribution in [0.15, 0.2) is 0 Å². The van der Waals surface area contributed by atoms with Gasteiger partial charge in [0, 0.05) is 13.1 Å². The van der Waals surface area contributed by atoms with E-state index in [4.69, 9.17) is 0 Å². The third kappa shape index (κ3) is 4.49. The molecule has 4 nitrogen and oxygen atoms in total. The molecule has 1 fully saturated rings. The first-order valence-corrected chi connectivity index (χ1v) is 6.06. The first-order chi connectivity index (χ1) is 7.41. The van der Waals surface area contributed by atoms with Crippen LogP contribution in [0.2, 0.25) is 0 Å². The average molecular weight is 227 g/mol. The summed E-state index contributed by atoms with van der Waals surface area (Å²) in [7, 11) is 4.12. The second kappa shape index (κ2) is 5.64. The molecule has 0 aromatic rings. The quantitative estimate of drug-likeness (QED) is 0.716. The lowest BCUT2D eigenvalue weighted by Crippen LogP contribution is -2.46. The molecule has 0 bridgehead atoms. The van der Waals surface area contributed by atoms with E-state index in [2.05, 4.69) is 43.5 Å². The fraction of sp³-hybridized carbons (Fsp3) is 0.917. The van der Waals surface area contributed by atoms with Crippen molar-refractivity contribution in [2.75, 3.05) is 33.7 Å². The summed E-state index contributed by atoms with van der Waals surface area (Å²) in [5, 5.41) is 6.25. The van der Waals surface area contributed by atoms with Gasteiger partial charge in [-0.05, 0) is 38.9 Å². The monoisotopic (exact) mass is 227 g/mol. The van der Waals surface area contributed by atoms with E-state index in [0.29, 0.717) is 0 Å². The van der Waals surface area contributed by atoms with Crippen LogP contribution in [0.5, 0.6) is 0 Å². The predicted octanol–water partition coefficient (Wildman–Crippen LogP) is 0.442. The summed E-state index contributed by atoms with van der Waals surface area (Å²) in [6, 6.07) is 0.0372. The molecule has 0 aliphatic carbocycles. The molecule has 2 N–H and O–H groups in total. The standard InChI is InChI=1S/C12H25N3O/c1-12(2,9-15(3)4)8-14-11(16)10-6-5-7-13-10/h10,13H,5-9H2,1-4H3,(H,14,16)/t10-/m1/s1. The maximum absolute atomic E-state index is 11.8. The highest BCUT2D eigenvalue weighted by molar-refractivity contribution is 5.82. The Bertz CT molecular complexity index is 232. The number of carbonyl (C=O) groups excluding carboxylic acids is 1. The van der Waals surface area contributed by atoms with E-state index >= 15 is 0 Å². The van der Waals surface area contributed by atoms with E-state index < -0.39 is 0 Å². The number of rotatable bonds is 5. The van der Waals surface area contributed by atoms with Gasteiger partial charge in [0.05, 0.1) is 6.04 Å². The number of carbonyl (C=O) groups is 1. The average Bonchev–Trinajstić information content (AvgIpc) is 2.64. The van der Waals surface area contributed by atoms with E-state index in [1.165, 1.54) is 0 Å². The zero-order valence-corrected chi connectivity index (χ0v) is 11.0. The first-order valence-electron chi connectivity index (χ1n) is 6.06. The van der Waals surface area contributed by atoms with Crippen molar-refractivity contribution in [3.63, 3.8) is 0 Å². The SMILES string of the molecule is CN(C)CC(C)(C)CNC(=O)[C@H]1CCCN1. The van der Waals surface area contributed by atoms with Crippen LogP contribution >= 0.6 is 0 Å². The maximum Gasteiger partial charge on any atom is 0.237 e. The molecule has 1 aliphatic rings. The van der Waals surface area contributed by atoms with Crippen molar-refractivity contribution in [3.05, 3.63) is 0 Å². The minimum absolute atomic E-state index is 0.0372. The van der Waals surface area contributed by atoms with Gasteiger partial charge in [0.15, 0.2) is 0 Å². The molecule has 0 saturated carbocycles. The fourth-order valence-corrected chi connectivity index (χ4v) is 2.27. The van der Waals surface area contributed by atoms with Crippen molar-refractivity contribution in [1.29, 1.82) is 0 Å². The van der Waals surface area contributed by atoms with Crippen molar-refractivity contribution >= 4 is 5.91 Å². The van der Waals surface area contributed by atoms with E-state index in [1.54, 1.807) is 0 Å². The Morgan fingerprint density at radius 1 is 1.50 bits per heavy atom. The van der Waals surface area contributed by atoms with E-state index in [-0.39, 0.29) is 17.4 Å². The molecule has 1 amide bonds.